The summed E-state index contributed by atoms with van der Waals surface area (Å²) in [5.41, 5.74) is 7.06. The molecule has 16 heavy (non-hydrogen) atoms. The summed E-state index contributed by atoms with van der Waals surface area (Å²) < 4.78 is 0.914. The number of nitrogens with zero attached hydrogens (tertiary/aromatic N) is 2. The molecule has 2 heterocycles. The molecule has 4 heteroatoms. The molecule has 2 rings (SSSR count). The SMILES string of the molecule is NCC1CCCN(Cc2ccnc(Br)c2)C1. The summed E-state index contributed by atoms with van der Waals surface area (Å²) in [6, 6.07) is 4.17. The number of halogens is 1. The summed E-state index contributed by atoms with van der Waals surface area (Å²) in [5.74, 6) is 0.680. The van der Waals surface area contributed by atoms with Gasteiger partial charge in [0, 0.05) is 19.3 Å². The average molecular weight is 284 g/mol. The van der Waals surface area contributed by atoms with E-state index >= 15 is 0 Å². The van der Waals surface area contributed by atoms with Crippen molar-refractivity contribution < 1.29 is 0 Å². The molecule has 1 aromatic rings. The first kappa shape index (κ1) is 12.0. The number of rotatable bonds is 3. The fourth-order valence-corrected chi connectivity index (χ4v) is 2.70. The molecule has 0 aromatic carbocycles. The fraction of sp³-hybridized carbons (Fsp3) is 0.583. The van der Waals surface area contributed by atoms with Crippen LogP contribution in [0.5, 0.6) is 0 Å². The van der Waals surface area contributed by atoms with E-state index in [1.54, 1.807) is 0 Å². The Balaban J connectivity index is 1.94. The third-order valence-electron chi connectivity index (χ3n) is 3.13. The normalized spacial score (nSPS) is 22.2. The fourth-order valence-electron chi connectivity index (χ4n) is 2.29. The highest BCUT2D eigenvalue weighted by atomic mass is 79.9. The largest absolute Gasteiger partial charge is 0.330 e. The van der Waals surface area contributed by atoms with Gasteiger partial charge in [-0.2, -0.15) is 0 Å². The second kappa shape index (κ2) is 5.75. The number of nitrogens with two attached hydrogens (primary N) is 1. The molecule has 1 atom stereocenters. The van der Waals surface area contributed by atoms with Crippen molar-refractivity contribution in [3.63, 3.8) is 0 Å². The quantitative estimate of drug-likeness (QED) is 0.863. The predicted octanol–water partition coefficient (Wildman–Crippen LogP) is 2.01. The van der Waals surface area contributed by atoms with E-state index in [1.165, 1.54) is 24.9 Å². The smallest absolute Gasteiger partial charge is 0.106 e. The van der Waals surface area contributed by atoms with Crippen LogP contribution in [-0.4, -0.2) is 29.5 Å². The van der Waals surface area contributed by atoms with Crippen molar-refractivity contribution in [2.45, 2.75) is 19.4 Å². The van der Waals surface area contributed by atoms with Crippen LogP contribution in [0.25, 0.3) is 0 Å². The lowest BCUT2D eigenvalue weighted by Crippen LogP contribution is -2.37. The van der Waals surface area contributed by atoms with E-state index < -0.39 is 0 Å². The van der Waals surface area contributed by atoms with Crippen LogP contribution in [0.3, 0.4) is 0 Å². The van der Waals surface area contributed by atoms with Gasteiger partial charge in [-0.05, 0) is 65.5 Å². The van der Waals surface area contributed by atoms with Crippen molar-refractivity contribution in [3.8, 4) is 0 Å². The molecule has 1 fully saturated rings. The third-order valence-corrected chi connectivity index (χ3v) is 3.57. The molecule has 2 N–H and O–H groups in total. The van der Waals surface area contributed by atoms with Gasteiger partial charge in [0.25, 0.3) is 0 Å². The Morgan fingerprint density at radius 1 is 1.56 bits per heavy atom. The number of hydrogen-bond donors (Lipinski definition) is 1. The van der Waals surface area contributed by atoms with Crippen LogP contribution < -0.4 is 5.73 Å². The summed E-state index contributed by atoms with van der Waals surface area (Å²) in [4.78, 5) is 6.63. The minimum atomic E-state index is 0.680. The van der Waals surface area contributed by atoms with Crippen LogP contribution >= 0.6 is 15.9 Å². The molecule has 1 aliphatic heterocycles. The highest BCUT2D eigenvalue weighted by Gasteiger charge is 2.18. The van der Waals surface area contributed by atoms with Crippen LogP contribution in [0, 0.1) is 5.92 Å². The van der Waals surface area contributed by atoms with Gasteiger partial charge in [0.2, 0.25) is 0 Å². The standard InChI is InChI=1S/C12H18BrN3/c13-12-6-10(3-4-15-12)8-16-5-1-2-11(7-14)9-16/h3-4,6,11H,1-2,5,7-9,14H2. The zero-order chi connectivity index (χ0) is 11.4. The van der Waals surface area contributed by atoms with Crippen molar-refractivity contribution >= 4 is 15.9 Å². The van der Waals surface area contributed by atoms with Gasteiger partial charge in [-0.15, -0.1) is 0 Å². The van der Waals surface area contributed by atoms with Crippen molar-refractivity contribution in [1.29, 1.82) is 0 Å². The van der Waals surface area contributed by atoms with Gasteiger partial charge < -0.3 is 5.73 Å². The monoisotopic (exact) mass is 283 g/mol. The molecule has 88 valence electrons. The first-order chi connectivity index (χ1) is 7.78. The van der Waals surface area contributed by atoms with E-state index in [9.17, 15) is 0 Å². The van der Waals surface area contributed by atoms with Crippen LogP contribution in [0.4, 0.5) is 0 Å². The minimum Gasteiger partial charge on any atom is -0.330 e. The van der Waals surface area contributed by atoms with Crippen molar-refractivity contribution in [2.75, 3.05) is 19.6 Å². The van der Waals surface area contributed by atoms with Crippen molar-refractivity contribution in [1.82, 2.24) is 9.88 Å². The molecule has 1 unspecified atom stereocenters. The molecule has 0 radical (unpaired) electrons. The number of piperidine rings is 1. The van der Waals surface area contributed by atoms with Gasteiger partial charge in [-0.1, -0.05) is 0 Å². The summed E-state index contributed by atoms with van der Waals surface area (Å²) in [6.45, 7) is 4.15. The third kappa shape index (κ3) is 3.27. The number of aromatic nitrogens is 1. The molecule has 0 spiro atoms. The van der Waals surface area contributed by atoms with Crippen LogP contribution in [0.15, 0.2) is 22.9 Å². The Morgan fingerprint density at radius 2 is 2.44 bits per heavy atom. The first-order valence-corrected chi connectivity index (χ1v) is 6.60. The Labute approximate surface area is 105 Å². The van der Waals surface area contributed by atoms with E-state index in [0.717, 1.165) is 24.2 Å². The molecule has 3 nitrogen and oxygen atoms in total. The average Bonchev–Trinajstić information content (AvgIpc) is 2.29. The Kier molecular flexibility index (Phi) is 4.32. The number of hydrogen-bond acceptors (Lipinski definition) is 3. The van der Waals surface area contributed by atoms with Gasteiger partial charge in [-0.3, -0.25) is 4.90 Å². The summed E-state index contributed by atoms with van der Waals surface area (Å²) >= 11 is 3.40. The lowest BCUT2D eigenvalue weighted by Gasteiger charge is -2.32. The number of likely N-dealkylation sites (tertiary alicyclic amines) is 1. The molecule has 1 saturated heterocycles. The van der Waals surface area contributed by atoms with E-state index in [-0.39, 0.29) is 0 Å². The zero-order valence-corrected chi connectivity index (χ0v) is 11.0. The summed E-state index contributed by atoms with van der Waals surface area (Å²) in [5, 5.41) is 0. The molecular weight excluding hydrogens is 266 g/mol. The molecule has 1 aliphatic rings. The molecule has 0 bridgehead atoms. The van der Waals surface area contributed by atoms with E-state index in [1.807, 2.05) is 6.20 Å². The Morgan fingerprint density at radius 3 is 3.19 bits per heavy atom. The minimum absolute atomic E-state index is 0.680. The predicted molar refractivity (Wildman–Crippen MR) is 69.0 cm³/mol. The van der Waals surface area contributed by atoms with Gasteiger partial charge in [0.1, 0.15) is 4.60 Å². The lowest BCUT2D eigenvalue weighted by molar-refractivity contribution is 0.171. The Bertz CT molecular complexity index is 343. The molecular formula is C12H18BrN3. The van der Waals surface area contributed by atoms with Gasteiger partial charge >= 0.3 is 0 Å². The van der Waals surface area contributed by atoms with Gasteiger partial charge in [0.15, 0.2) is 0 Å². The first-order valence-electron chi connectivity index (χ1n) is 5.81. The molecule has 1 aromatic heterocycles. The molecule has 0 amide bonds. The van der Waals surface area contributed by atoms with Crippen molar-refractivity contribution in [2.24, 2.45) is 11.7 Å². The highest BCUT2D eigenvalue weighted by Crippen LogP contribution is 2.18. The summed E-state index contributed by atoms with van der Waals surface area (Å²) in [7, 11) is 0. The highest BCUT2D eigenvalue weighted by molar-refractivity contribution is 9.10. The second-order valence-corrected chi connectivity index (χ2v) is 5.28. The second-order valence-electron chi connectivity index (χ2n) is 4.47. The van der Waals surface area contributed by atoms with Crippen LogP contribution in [0.2, 0.25) is 0 Å². The Hall–Kier alpha value is -0.450. The lowest BCUT2D eigenvalue weighted by atomic mass is 9.98. The number of pyridine rings is 1. The van der Waals surface area contributed by atoms with Crippen LogP contribution in [-0.2, 0) is 6.54 Å². The maximum Gasteiger partial charge on any atom is 0.106 e. The van der Waals surface area contributed by atoms with Crippen LogP contribution in [0.1, 0.15) is 18.4 Å². The maximum absolute atomic E-state index is 5.74. The molecule has 0 aliphatic carbocycles. The zero-order valence-electron chi connectivity index (χ0n) is 9.40. The van der Waals surface area contributed by atoms with Crippen molar-refractivity contribution in [3.05, 3.63) is 28.5 Å². The van der Waals surface area contributed by atoms with E-state index in [0.29, 0.717) is 5.92 Å². The van der Waals surface area contributed by atoms with E-state index in [2.05, 4.69) is 37.9 Å². The topological polar surface area (TPSA) is 42.1 Å². The van der Waals surface area contributed by atoms with Gasteiger partial charge in [-0.25, -0.2) is 4.98 Å². The van der Waals surface area contributed by atoms with E-state index in [4.69, 9.17) is 5.73 Å². The summed E-state index contributed by atoms with van der Waals surface area (Å²) in [6.07, 6.45) is 4.41. The maximum atomic E-state index is 5.74. The molecule has 0 saturated carbocycles. The van der Waals surface area contributed by atoms with Gasteiger partial charge in [0.05, 0.1) is 0 Å².